The predicted octanol–water partition coefficient (Wildman–Crippen LogP) is 3.85. The van der Waals surface area contributed by atoms with E-state index in [2.05, 4.69) is 58.4 Å². The molecule has 21 heavy (non-hydrogen) atoms. The van der Waals surface area contributed by atoms with Gasteiger partial charge in [0.05, 0.1) is 29.5 Å². The second kappa shape index (κ2) is 6.62. The summed E-state index contributed by atoms with van der Waals surface area (Å²) in [6.07, 6.45) is 1.85. The van der Waals surface area contributed by atoms with E-state index in [1.54, 1.807) is 7.11 Å². The Hall–Kier alpha value is -1.33. The average molecular weight is 352 g/mol. The zero-order valence-corrected chi connectivity index (χ0v) is 14.7. The number of hydrogen-bond donors (Lipinski definition) is 1. The number of hydrogen-bond acceptors (Lipinski definition) is 3. The van der Waals surface area contributed by atoms with Crippen molar-refractivity contribution in [2.75, 3.05) is 14.2 Å². The van der Waals surface area contributed by atoms with Crippen molar-refractivity contribution in [1.29, 1.82) is 0 Å². The van der Waals surface area contributed by atoms with Crippen molar-refractivity contribution in [2.24, 2.45) is 0 Å². The molecule has 0 saturated heterocycles. The molecular formula is C16H22BrN3O. The Kier molecular flexibility index (Phi) is 5.06. The number of ether oxygens (including phenoxy) is 1. The van der Waals surface area contributed by atoms with E-state index in [0.29, 0.717) is 6.04 Å². The summed E-state index contributed by atoms with van der Waals surface area (Å²) in [5.74, 6) is 0.902. The van der Waals surface area contributed by atoms with Crippen molar-refractivity contribution in [1.82, 2.24) is 15.1 Å². The molecule has 1 N–H and O–H groups in total. The van der Waals surface area contributed by atoms with Crippen molar-refractivity contribution in [3.8, 4) is 5.75 Å². The Bertz CT molecular complexity index is 622. The van der Waals surface area contributed by atoms with E-state index in [4.69, 9.17) is 4.74 Å². The molecular weight excluding hydrogens is 330 g/mol. The summed E-state index contributed by atoms with van der Waals surface area (Å²) in [5, 5.41) is 7.85. The third kappa shape index (κ3) is 3.14. The van der Waals surface area contributed by atoms with Gasteiger partial charge in [-0.15, -0.1) is 0 Å². The third-order valence-corrected chi connectivity index (χ3v) is 4.21. The molecule has 1 atom stereocenters. The lowest BCUT2D eigenvalue weighted by Gasteiger charge is -2.22. The van der Waals surface area contributed by atoms with Gasteiger partial charge in [0.1, 0.15) is 5.75 Å². The smallest absolute Gasteiger partial charge is 0.122 e. The van der Waals surface area contributed by atoms with E-state index < -0.39 is 0 Å². The first-order chi connectivity index (χ1) is 9.99. The largest absolute Gasteiger partial charge is 0.496 e. The summed E-state index contributed by atoms with van der Waals surface area (Å²) >= 11 is 3.62. The highest BCUT2D eigenvalue weighted by atomic mass is 79.9. The van der Waals surface area contributed by atoms with Crippen LogP contribution in [0.1, 0.15) is 42.8 Å². The van der Waals surface area contributed by atoms with Gasteiger partial charge in [-0.25, -0.2) is 0 Å². The van der Waals surface area contributed by atoms with Gasteiger partial charge in [0.25, 0.3) is 0 Å². The van der Waals surface area contributed by atoms with E-state index in [1.165, 1.54) is 0 Å². The second-order valence-electron chi connectivity index (χ2n) is 5.37. The van der Waals surface area contributed by atoms with Gasteiger partial charge in [-0.2, -0.15) is 5.10 Å². The topological polar surface area (TPSA) is 39.1 Å². The summed E-state index contributed by atoms with van der Waals surface area (Å²) in [6.45, 7) is 6.31. The minimum atomic E-state index is 0.0544. The number of halogens is 1. The monoisotopic (exact) mass is 351 g/mol. The molecule has 0 saturated carbocycles. The van der Waals surface area contributed by atoms with Crippen molar-refractivity contribution >= 4 is 15.9 Å². The minimum absolute atomic E-state index is 0.0544. The third-order valence-electron chi connectivity index (χ3n) is 3.60. The van der Waals surface area contributed by atoms with Crippen LogP contribution < -0.4 is 10.1 Å². The van der Waals surface area contributed by atoms with E-state index in [0.717, 1.165) is 27.0 Å². The minimum Gasteiger partial charge on any atom is -0.496 e. The van der Waals surface area contributed by atoms with Crippen LogP contribution in [0.3, 0.4) is 0 Å². The summed E-state index contributed by atoms with van der Waals surface area (Å²) in [7, 11) is 3.66. The number of rotatable bonds is 5. The number of aromatic nitrogens is 2. The fourth-order valence-electron chi connectivity index (χ4n) is 2.51. The molecule has 1 aromatic carbocycles. The van der Waals surface area contributed by atoms with Crippen LogP contribution in [0.25, 0.3) is 0 Å². The van der Waals surface area contributed by atoms with Gasteiger partial charge < -0.3 is 10.1 Å². The molecule has 114 valence electrons. The van der Waals surface area contributed by atoms with E-state index in [-0.39, 0.29) is 6.04 Å². The maximum absolute atomic E-state index is 5.44. The molecule has 1 aromatic heterocycles. The quantitative estimate of drug-likeness (QED) is 0.888. The zero-order chi connectivity index (χ0) is 15.6. The molecule has 4 nitrogen and oxygen atoms in total. The maximum atomic E-state index is 5.44. The predicted molar refractivity (Wildman–Crippen MR) is 88.9 cm³/mol. The fourth-order valence-corrected chi connectivity index (χ4v) is 3.01. The van der Waals surface area contributed by atoms with Crippen LogP contribution in [0.5, 0.6) is 5.75 Å². The van der Waals surface area contributed by atoms with Gasteiger partial charge in [0.15, 0.2) is 0 Å². The molecule has 1 heterocycles. The van der Waals surface area contributed by atoms with Crippen LogP contribution in [0.2, 0.25) is 0 Å². The van der Waals surface area contributed by atoms with Gasteiger partial charge in [0, 0.05) is 6.04 Å². The van der Waals surface area contributed by atoms with Gasteiger partial charge in [-0.05, 0) is 60.9 Å². The van der Waals surface area contributed by atoms with Crippen LogP contribution in [-0.4, -0.2) is 23.9 Å². The molecule has 0 aliphatic rings. The Morgan fingerprint density at radius 2 is 2.05 bits per heavy atom. The Morgan fingerprint density at radius 3 is 2.62 bits per heavy atom. The number of aryl methyl sites for hydroxylation is 1. The Labute approximate surface area is 134 Å². The normalized spacial score (nSPS) is 12.7. The summed E-state index contributed by atoms with van der Waals surface area (Å²) in [4.78, 5) is 0. The molecule has 5 heteroatoms. The first-order valence-corrected chi connectivity index (χ1v) is 7.83. The van der Waals surface area contributed by atoms with Gasteiger partial charge in [0.2, 0.25) is 0 Å². The molecule has 0 bridgehead atoms. The van der Waals surface area contributed by atoms with Crippen LogP contribution in [0.4, 0.5) is 0 Å². The van der Waals surface area contributed by atoms with Gasteiger partial charge >= 0.3 is 0 Å². The lowest BCUT2D eigenvalue weighted by atomic mass is 10.0. The molecule has 0 fully saturated rings. The van der Waals surface area contributed by atoms with E-state index >= 15 is 0 Å². The van der Waals surface area contributed by atoms with Gasteiger partial charge in [-0.1, -0.05) is 12.1 Å². The summed E-state index contributed by atoms with van der Waals surface area (Å²) in [5.41, 5.74) is 3.41. The standard InChI is InChI=1S/C16H22BrN3O/c1-10(2)20-16(13(17)9-19-20)15(18-4)12-7-6-11(3)14(8-12)21-5/h6-10,15,18H,1-5H3. The molecule has 2 rings (SSSR count). The van der Waals surface area contributed by atoms with Crippen molar-refractivity contribution < 1.29 is 4.74 Å². The fraction of sp³-hybridized carbons (Fsp3) is 0.438. The van der Waals surface area contributed by atoms with Crippen LogP contribution in [-0.2, 0) is 0 Å². The Balaban J connectivity index is 2.52. The first kappa shape index (κ1) is 16.0. The van der Waals surface area contributed by atoms with Crippen molar-refractivity contribution in [2.45, 2.75) is 32.9 Å². The van der Waals surface area contributed by atoms with E-state index in [1.807, 2.05) is 24.9 Å². The van der Waals surface area contributed by atoms with E-state index in [9.17, 15) is 0 Å². The first-order valence-electron chi connectivity index (χ1n) is 7.04. The molecule has 0 radical (unpaired) electrons. The highest BCUT2D eigenvalue weighted by Crippen LogP contribution is 2.32. The molecule has 0 aliphatic heterocycles. The number of nitrogens with one attached hydrogen (secondary N) is 1. The highest BCUT2D eigenvalue weighted by Gasteiger charge is 2.22. The number of benzene rings is 1. The summed E-state index contributed by atoms with van der Waals surface area (Å²) in [6, 6.07) is 6.65. The Morgan fingerprint density at radius 1 is 1.33 bits per heavy atom. The average Bonchev–Trinajstić information content (AvgIpc) is 2.84. The maximum Gasteiger partial charge on any atom is 0.122 e. The lowest BCUT2D eigenvalue weighted by molar-refractivity contribution is 0.410. The summed E-state index contributed by atoms with van der Waals surface area (Å²) < 4.78 is 8.49. The molecule has 0 aliphatic carbocycles. The molecule has 2 aromatic rings. The molecule has 1 unspecified atom stereocenters. The molecule has 0 amide bonds. The highest BCUT2D eigenvalue weighted by molar-refractivity contribution is 9.10. The second-order valence-corrected chi connectivity index (χ2v) is 6.22. The number of methoxy groups -OCH3 is 1. The molecule has 0 spiro atoms. The lowest BCUT2D eigenvalue weighted by Crippen LogP contribution is -2.23. The number of nitrogens with zero attached hydrogens (tertiary/aromatic N) is 2. The SMILES string of the molecule is CNC(c1ccc(C)c(OC)c1)c1c(Br)cnn1C(C)C. The van der Waals surface area contributed by atoms with Gasteiger partial charge in [-0.3, -0.25) is 4.68 Å². The van der Waals surface area contributed by atoms with Crippen LogP contribution >= 0.6 is 15.9 Å². The van der Waals surface area contributed by atoms with Crippen molar-refractivity contribution in [3.63, 3.8) is 0 Å². The zero-order valence-electron chi connectivity index (χ0n) is 13.1. The van der Waals surface area contributed by atoms with Crippen molar-refractivity contribution in [3.05, 3.63) is 45.7 Å². The van der Waals surface area contributed by atoms with Crippen LogP contribution in [0.15, 0.2) is 28.9 Å². The van der Waals surface area contributed by atoms with Crippen LogP contribution in [0, 0.1) is 6.92 Å².